The number of anilines is 1. The van der Waals surface area contributed by atoms with Crippen LogP contribution in [0.4, 0.5) is 5.82 Å². The Hall–Kier alpha value is -2.57. The van der Waals surface area contributed by atoms with Gasteiger partial charge >= 0.3 is 0 Å². The molecular weight excluding hydrogens is 414 g/mol. The predicted octanol–water partition coefficient (Wildman–Crippen LogP) is 5.31. The standard InChI is InChI=1S/C26H29N5S/c27-25-23-24(21-5-1-2-6-22(21)28-25)31(26(29-23)32-17-20-11-12-20)16-19-9-7-18(8-10-19)15-30-13-3-4-14-30/h1-2,5-10,20H,3-4,11-17H2,(H2,27,28). The summed E-state index contributed by atoms with van der Waals surface area (Å²) >= 11 is 1.87. The first-order valence-electron chi connectivity index (χ1n) is 11.7. The number of nitrogens with two attached hydrogens (primary N) is 1. The van der Waals surface area contributed by atoms with Crippen molar-refractivity contribution >= 4 is 39.5 Å². The highest BCUT2D eigenvalue weighted by molar-refractivity contribution is 7.99. The Kier molecular flexibility index (Phi) is 5.27. The van der Waals surface area contributed by atoms with Crippen LogP contribution in [0.3, 0.4) is 0 Å². The van der Waals surface area contributed by atoms with Gasteiger partial charge < -0.3 is 10.3 Å². The number of imidazole rings is 1. The van der Waals surface area contributed by atoms with Gasteiger partial charge in [-0.2, -0.15) is 0 Å². The van der Waals surface area contributed by atoms with Crippen LogP contribution >= 0.6 is 11.8 Å². The normalized spacial score (nSPS) is 17.0. The zero-order valence-corrected chi connectivity index (χ0v) is 19.2. The molecular formula is C26H29N5S. The summed E-state index contributed by atoms with van der Waals surface area (Å²) in [6.07, 6.45) is 5.36. The molecule has 0 bridgehead atoms. The van der Waals surface area contributed by atoms with Crippen LogP contribution < -0.4 is 5.73 Å². The number of thioether (sulfide) groups is 1. The van der Waals surface area contributed by atoms with Crippen molar-refractivity contribution < 1.29 is 0 Å². The Labute approximate surface area is 193 Å². The highest BCUT2D eigenvalue weighted by Gasteiger charge is 2.24. The number of hydrogen-bond donors (Lipinski definition) is 1. The summed E-state index contributed by atoms with van der Waals surface area (Å²) in [7, 11) is 0. The largest absolute Gasteiger partial charge is 0.382 e. The van der Waals surface area contributed by atoms with Crippen molar-refractivity contribution in [3.8, 4) is 0 Å². The van der Waals surface area contributed by atoms with Gasteiger partial charge in [-0.05, 0) is 61.9 Å². The Morgan fingerprint density at radius 3 is 2.38 bits per heavy atom. The summed E-state index contributed by atoms with van der Waals surface area (Å²) in [6.45, 7) is 4.31. The summed E-state index contributed by atoms with van der Waals surface area (Å²) in [5.74, 6) is 2.49. The highest BCUT2D eigenvalue weighted by Crippen LogP contribution is 2.37. The van der Waals surface area contributed by atoms with Gasteiger partial charge in [0.05, 0.1) is 17.6 Å². The summed E-state index contributed by atoms with van der Waals surface area (Å²) in [5.41, 5.74) is 11.9. The first-order valence-corrected chi connectivity index (χ1v) is 12.7. The fourth-order valence-corrected chi connectivity index (χ4v) is 5.89. The molecule has 0 radical (unpaired) electrons. The molecule has 2 fully saturated rings. The number of benzene rings is 2. The summed E-state index contributed by atoms with van der Waals surface area (Å²) in [4.78, 5) is 12.1. The Morgan fingerprint density at radius 1 is 0.906 bits per heavy atom. The second kappa shape index (κ2) is 8.41. The maximum absolute atomic E-state index is 6.36. The van der Waals surface area contributed by atoms with Gasteiger partial charge in [0.1, 0.15) is 5.52 Å². The number of fused-ring (bicyclic) bond motifs is 3. The first kappa shape index (κ1) is 20.1. The van der Waals surface area contributed by atoms with Crippen molar-refractivity contribution in [3.05, 3.63) is 59.7 Å². The quantitative estimate of drug-likeness (QED) is 0.392. The smallest absolute Gasteiger partial charge is 0.169 e. The summed E-state index contributed by atoms with van der Waals surface area (Å²) in [5, 5.41) is 2.17. The molecule has 2 aliphatic rings. The lowest BCUT2D eigenvalue weighted by molar-refractivity contribution is 0.331. The minimum atomic E-state index is 0.520. The van der Waals surface area contributed by atoms with Crippen LogP contribution in [0.1, 0.15) is 36.8 Å². The van der Waals surface area contributed by atoms with E-state index in [1.165, 1.54) is 49.9 Å². The summed E-state index contributed by atoms with van der Waals surface area (Å²) in [6, 6.07) is 17.4. The first-order chi connectivity index (χ1) is 15.7. The Balaban J connectivity index is 1.37. The molecule has 3 heterocycles. The van der Waals surface area contributed by atoms with Crippen molar-refractivity contribution in [3.63, 3.8) is 0 Å². The summed E-state index contributed by atoms with van der Waals surface area (Å²) < 4.78 is 2.36. The molecule has 32 heavy (non-hydrogen) atoms. The predicted molar refractivity (Wildman–Crippen MR) is 133 cm³/mol. The van der Waals surface area contributed by atoms with E-state index in [2.05, 4.69) is 50.8 Å². The molecule has 0 atom stereocenters. The van der Waals surface area contributed by atoms with Gasteiger partial charge in [-0.1, -0.05) is 54.2 Å². The molecule has 6 rings (SSSR count). The lowest BCUT2D eigenvalue weighted by Crippen LogP contribution is -2.18. The molecule has 164 valence electrons. The monoisotopic (exact) mass is 443 g/mol. The molecule has 0 amide bonds. The van der Waals surface area contributed by atoms with Crippen LogP contribution in [0.2, 0.25) is 0 Å². The van der Waals surface area contributed by atoms with Crippen LogP contribution in [0.25, 0.3) is 21.9 Å². The van der Waals surface area contributed by atoms with Crippen molar-refractivity contribution in [2.45, 2.75) is 43.9 Å². The van der Waals surface area contributed by atoms with E-state index in [0.29, 0.717) is 5.82 Å². The zero-order valence-electron chi connectivity index (χ0n) is 18.3. The van der Waals surface area contributed by atoms with Crippen LogP contribution in [0.15, 0.2) is 53.7 Å². The van der Waals surface area contributed by atoms with E-state index in [-0.39, 0.29) is 0 Å². The average molecular weight is 444 g/mol. The van der Waals surface area contributed by atoms with Crippen molar-refractivity contribution in [1.29, 1.82) is 0 Å². The Morgan fingerprint density at radius 2 is 1.62 bits per heavy atom. The lowest BCUT2D eigenvalue weighted by Gasteiger charge is -2.15. The third kappa shape index (κ3) is 3.97. The topological polar surface area (TPSA) is 60.0 Å². The maximum atomic E-state index is 6.36. The maximum Gasteiger partial charge on any atom is 0.169 e. The van der Waals surface area contributed by atoms with Gasteiger partial charge in [-0.3, -0.25) is 4.90 Å². The number of nitrogen functional groups attached to an aromatic ring is 1. The van der Waals surface area contributed by atoms with Crippen molar-refractivity contribution in [2.24, 2.45) is 5.92 Å². The van der Waals surface area contributed by atoms with E-state index >= 15 is 0 Å². The molecule has 2 N–H and O–H groups in total. The molecule has 1 saturated carbocycles. The van der Waals surface area contributed by atoms with Crippen LogP contribution in [0.5, 0.6) is 0 Å². The second-order valence-corrected chi connectivity index (χ2v) is 10.2. The molecule has 2 aromatic heterocycles. The zero-order chi connectivity index (χ0) is 21.5. The van der Waals surface area contributed by atoms with E-state index < -0.39 is 0 Å². The third-order valence-corrected chi connectivity index (χ3v) is 7.90. The van der Waals surface area contributed by atoms with Gasteiger partial charge in [0.25, 0.3) is 0 Å². The molecule has 1 aliphatic carbocycles. The number of rotatable bonds is 7. The van der Waals surface area contributed by atoms with E-state index in [4.69, 9.17) is 10.7 Å². The SMILES string of the molecule is Nc1nc2ccccc2c2c1nc(SCC1CC1)n2Cc1ccc(CN2CCCC2)cc1. The number of nitrogens with zero attached hydrogens (tertiary/aromatic N) is 4. The molecule has 2 aromatic carbocycles. The molecule has 0 unspecified atom stereocenters. The fourth-order valence-electron chi connectivity index (χ4n) is 4.70. The second-order valence-electron chi connectivity index (χ2n) is 9.25. The number of aromatic nitrogens is 3. The van der Waals surface area contributed by atoms with Gasteiger partial charge in [0.2, 0.25) is 0 Å². The van der Waals surface area contributed by atoms with Gasteiger partial charge in [-0.25, -0.2) is 9.97 Å². The third-order valence-electron chi connectivity index (χ3n) is 6.69. The number of pyridine rings is 1. The molecule has 1 saturated heterocycles. The van der Waals surface area contributed by atoms with E-state index in [1.807, 2.05) is 23.9 Å². The van der Waals surface area contributed by atoms with E-state index in [9.17, 15) is 0 Å². The van der Waals surface area contributed by atoms with E-state index in [0.717, 1.165) is 51.9 Å². The van der Waals surface area contributed by atoms with Crippen molar-refractivity contribution in [2.75, 3.05) is 24.6 Å². The fraction of sp³-hybridized carbons (Fsp3) is 0.385. The van der Waals surface area contributed by atoms with Gasteiger partial charge in [-0.15, -0.1) is 0 Å². The van der Waals surface area contributed by atoms with Crippen molar-refractivity contribution in [1.82, 2.24) is 19.4 Å². The molecule has 1 aliphatic heterocycles. The number of likely N-dealkylation sites (tertiary alicyclic amines) is 1. The molecule has 4 aromatic rings. The lowest BCUT2D eigenvalue weighted by atomic mass is 10.1. The molecule has 6 heteroatoms. The minimum Gasteiger partial charge on any atom is -0.382 e. The average Bonchev–Trinajstić information content (AvgIpc) is 3.36. The minimum absolute atomic E-state index is 0.520. The van der Waals surface area contributed by atoms with Gasteiger partial charge in [0, 0.05) is 17.7 Å². The van der Waals surface area contributed by atoms with Crippen LogP contribution in [-0.4, -0.2) is 38.3 Å². The molecule has 0 spiro atoms. The number of hydrogen-bond acceptors (Lipinski definition) is 5. The molecule has 5 nitrogen and oxygen atoms in total. The number of para-hydroxylation sites is 1. The highest BCUT2D eigenvalue weighted by atomic mass is 32.2. The van der Waals surface area contributed by atoms with E-state index in [1.54, 1.807) is 0 Å². The van der Waals surface area contributed by atoms with Crippen LogP contribution in [-0.2, 0) is 13.1 Å². The van der Waals surface area contributed by atoms with Gasteiger partial charge in [0.15, 0.2) is 11.0 Å². The van der Waals surface area contributed by atoms with Crippen LogP contribution in [0, 0.1) is 5.92 Å². The Bertz CT molecular complexity index is 1250.